The lowest BCUT2D eigenvalue weighted by Crippen LogP contribution is -2.45. The molecule has 1 saturated heterocycles. The number of aromatic nitrogens is 2. The maximum atomic E-state index is 13.5. The highest BCUT2D eigenvalue weighted by atomic mass is 35.5. The molecular weight excluding hydrogens is 421 g/mol. The van der Waals surface area contributed by atoms with Gasteiger partial charge in [0.05, 0.1) is 17.6 Å². The smallest absolute Gasteiger partial charge is 0.162 e. The number of hydrogen-bond acceptors (Lipinski definition) is 7. The van der Waals surface area contributed by atoms with E-state index in [1.165, 1.54) is 18.5 Å². The van der Waals surface area contributed by atoms with Crippen LogP contribution in [-0.2, 0) is 0 Å². The number of likely N-dealkylation sites (N-methyl/N-ethyl adjacent to an activating group) is 1. The monoisotopic (exact) mass is 445 g/mol. The summed E-state index contributed by atoms with van der Waals surface area (Å²) in [6, 6.07) is 8.12. The van der Waals surface area contributed by atoms with Gasteiger partial charge in [-0.25, -0.2) is 14.4 Å². The van der Waals surface area contributed by atoms with Gasteiger partial charge < -0.3 is 19.7 Å². The fourth-order valence-electron chi connectivity index (χ4n) is 3.50. The van der Waals surface area contributed by atoms with Crippen LogP contribution in [0.3, 0.4) is 0 Å². The van der Waals surface area contributed by atoms with E-state index in [2.05, 4.69) is 32.1 Å². The number of methoxy groups -OCH3 is 1. The van der Waals surface area contributed by atoms with Crippen LogP contribution in [0, 0.1) is 5.82 Å². The average Bonchev–Trinajstić information content (AvgIpc) is 2.77. The first-order valence-electron chi connectivity index (χ1n) is 10.1. The highest BCUT2D eigenvalue weighted by Crippen LogP contribution is 2.35. The summed E-state index contributed by atoms with van der Waals surface area (Å²) >= 11 is 5.90. The van der Waals surface area contributed by atoms with Crippen LogP contribution in [0.4, 0.5) is 15.9 Å². The number of ether oxygens (including phenoxy) is 2. The van der Waals surface area contributed by atoms with Gasteiger partial charge in [0.2, 0.25) is 0 Å². The van der Waals surface area contributed by atoms with Crippen LogP contribution in [0.1, 0.15) is 0 Å². The van der Waals surface area contributed by atoms with Crippen molar-refractivity contribution in [1.82, 2.24) is 19.8 Å². The number of anilines is 2. The van der Waals surface area contributed by atoms with Crippen LogP contribution in [0.15, 0.2) is 36.7 Å². The number of benzene rings is 2. The molecule has 31 heavy (non-hydrogen) atoms. The first kappa shape index (κ1) is 21.5. The normalized spacial score (nSPS) is 15.2. The van der Waals surface area contributed by atoms with Crippen molar-refractivity contribution in [2.75, 3.05) is 58.8 Å². The second kappa shape index (κ2) is 9.64. The molecule has 0 bridgehead atoms. The zero-order valence-electron chi connectivity index (χ0n) is 17.6. The predicted molar refractivity (Wildman–Crippen MR) is 120 cm³/mol. The van der Waals surface area contributed by atoms with Crippen molar-refractivity contribution in [2.45, 2.75) is 0 Å². The van der Waals surface area contributed by atoms with E-state index in [4.69, 9.17) is 21.1 Å². The van der Waals surface area contributed by atoms with Gasteiger partial charge in [0.1, 0.15) is 24.6 Å². The van der Waals surface area contributed by atoms with Crippen molar-refractivity contribution < 1.29 is 13.9 Å². The molecule has 9 heteroatoms. The molecular formula is C22H25ClFN5O2. The Morgan fingerprint density at radius 3 is 2.65 bits per heavy atom. The summed E-state index contributed by atoms with van der Waals surface area (Å²) in [4.78, 5) is 13.4. The predicted octanol–water partition coefficient (Wildman–Crippen LogP) is 3.80. The second-order valence-corrected chi connectivity index (χ2v) is 7.90. The molecule has 1 fully saturated rings. The molecule has 0 atom stereocenters. The van der Waals surface area contributed by atoms with Crippen LogP contribution >= 0.6 is 11.6 Å². The minimum Gasteiger partial charge on any atom is -0.493 e. The molecule has 0 amide bonds. The van der Waals surface area contributed by atoms with Crippen molar-refractivity contribution >= 4 is 34.0 Å². The third-order valence-electron chi connectivity index (χ3n) is 5.36. The molecule has 1 aliphatic heterocycles. The maximum Gasteiger partial charge on any atom is 0.162 e. The van der Waals surface area contributed by atoms with Crippen LogP contribution in [0.5, 0.6) is 11.5 Å². The summed E-state index contributed by atoms with van der Waals surface area (Å²) in [6.45, 7) is 5.61. The number of rotatable bonds is 7. The number of piperazine rings is 1. The highest BCUT2D eigenvalue weighted by Gasteiger charge is 2.15. The molecule has 0 spiro atoms. The van der Waals surface area contributed by atoms with E-state index in [1.807, 2.05) is 12.1 Å². The Morgan fingerprint density at radius 1 is 1.10 bits per heavy atom. The molecule has 3 aromatic rings. The van der Waals surface area contributed by atoms with Gasteiger partial charge >= 0.3 is 0 Å². The summed E-state index contributed by atoms with van der Waals surface area (Å²) in [6.07, 6.45) is 1.46. The van der Waals surface area contributed by atoms with Crippen LogP contribution in [0.25, 0.3) is 10.9 Å². The van der Waals surface area contributed by atoms with Gasteiger partial charge in [-0.3, -0.25) is 4.90 Å². The topological polar surface area (TPSA) is 62.8 Å². The summed E-state index contributed by atoms with van der Waals surface area (Å²) in [5, 5.41) is 3.98. The molecule has 2 aromatic carbocycles. The quantitative estimate of drug-likeness (QED) is 0.593. The molecule has 0 saturated carbocycles. The van der Waals surface area contributed by atoms with Crippen LogP contribution < -0.4 is 14.8 Å². The number of hydrogen-bond donors (Lipinski definition) is 1. The largest absolute Gasteiger partial charge is 0.493 e. The van der Waals surface area contributed by atoms with E-state index in [1.54, 1.807) is 13.2 Å². The van der Waals surface area contributed by atoms with Crippen molar-refractivity contribution in [3.63, 3.8) is 0 Å². The molecule has 1 aromatic heterocycles. The lowest BCUT2D eigenvalue weighted by Gasteiger charge is -2.32. The number of halogens is 2. The number of nitrogens with zero attached hydrogens (tertiary/aromatic N) is 4. The Balaban J connectivity index is 1.54. The lowest BCUT2D eigenvalue weighted by atomic mass is 10.2. The molecule has 4 rings (SSSR count). The zero-order chi connectivity index (χ0) is 21.8. The fraction of sp³-hybridized carbons (Fsp3) is 0.364. The lowest BCUT2D eigenvalue weighted by molar-refractivity contribution is 0.133. The fourth-order valence-corrected chi connectivity index (χ4v) is 3.68. The summed E-state index contributed by atoms with van der Waals surface area (Å²) in [7, 11) is 3.75. The first-order chi connectivity index (χ1) is 15.0. The maximum absolute atomic E-state index is 13.5. The Kier molecular flexibility index (Phi) is 6.70. The Hall–Kier alpha value is -2.68. The van der Waals surface area contributed by atoms with Crippen molar-refractivity contribution in [2.24, 2.45) is 0 Å². The van der Waals surface area contributed by atoms with Gasteiger partial charge in [-0.05, 0) is 31.3 Å². The van der Waals surface area contributed by atoms with Crippen molar-refractivity contribution in [1.29, 1.82) is 0 Å². The minimum absolute atomic E-state index is 0.0398. The van der Waals surface area contributed by atoms with E-state index in [9.17, 15) is 4.39 Å². The SMILES string of the molecule is COc1cc2ncnc(Nc3ccc(F)c(Cl)c3)c2cc1OCCN1CCN(C)CC1. The molecule has 0 aliphatic carbocycles. The molecule has 1 N–H and O–H groups in total. The molecule has 0 unspecified atom stereocenters. The molecule has 2 heterocycles. The van der Waals surface area contributed by atoms with Crippen LogP contribution in [-0.4, -0.2) is 73.3 Å². The van der Waals surface area contributed by atoms with Gasteiger partial charge in [-0.15, -0.1) is 0 Å². The standard InChI is InChI=1S/C22H25ClFN5O2/c1-28-5-7-29(8-6-28)9-10-31-21-12-16-19(13-20(21)30-2)25-14-26-22(16)27-15-3-4-18(24)17(23)11-15/h3-4,11-14H,5-10H2,1-2H3,(H,25,26,27). The number of fused-ring (bicyclic) bond motifs is 1. The van der Waals surface area contributed by atoms with Crippen molar-refractivity contribution in [3.05, 3.63) is 47.5 Å². The van der Waals surface area contributed by atoms with Gasteiger partial charge in [-0.2, -0.15) is 0 Å². The summed E-state index contributed by atoms with van der Waals surface area (Å²) < 4.78 is 25.1. The zero-order valence-corrected chi connectivity index (χ0v) is 18.3. The molecule has 7 nitrogen and oxygen atoms in total. The summed E-state index contributed by atoms with van der Waals surface area (Å²) in [5.74, 6) is 1.33. The second-order valence-electron chi connectivity index (χ2n) is 7.49. The molecule has 164 valence electrons. The van der Waals surface area contributed by atoms with E-state index in [-0.39, 0.29) is 5.02 Å². The van der Waals surface area contributed by atoms with Gasteiger partial charge in [0.15, 0.2) is 11.5 Å². The third kappa shape index (κ3) is 5.15. The van der Waals surface area contributed by atoms with E-state index < -0.39 is 5.82 Å². The average molecular weight is 446 g/mol. The van der Waals surface area contributed by atoms with E-state index in [0.29, 0.717) is 35.1 Å². The van der Waals surface area contributed by atoms with Gasteiger partial charge in [0, 0.05) is 49.9 Å². The first-order valence-corrected chi connectivity index (χ1v) is 10.5. The van der Waals surface area contributed by atoms with Crippen LogP contribution in [0.2, 0.25) is 5.02 Å². The van der Waals surface area contributed by atoms with Gasteiger partial charge in [0.25, 0.3) is 0 Å². The van der Waals surface area contributed by atoms with E-state index >= 15 is 0 Å². The highest BCUT2D eigenvalue weighted by molar-refractivity contribution is 6.31. The Labute approximate surface area is 185 Å². The van der Waals surface area contributed by atoms with Gasteiger partial charge in [-0.1, -0.05) is 11.6 Å². The van der Waals surface area contributed by atoms with Crippen molar-refractivity contribution in [3.8, 4) is 11.5 Å². The summed E-state index contributed by atoms with van der Waals surface area (Å²) in [5.41, 5.74) is 1.33. The third-order valence-corrected chi connectivity index (χ3v) is 5.65. The number of nitrogens with one attached hydrogen (secondary N) is 1. The minimum atomic E-state index is -0.472. The Morgan fingerprint density at radius 2 is 1.90 bits per heavy atom. The van der Waals surface area contributed by atoms with E-state index in [0.717, 1.165) is 38.1 Å². The Bertz CT molecular complexity index is 1060. The molecule has 1 aliphatic rings. The molecule has 0 radical (unpaired) electrons.